The van der Waals surface area contributed by atoms with Crippen LogP contribution in [-0.4, -0.2) is 32.8 Å². The van der Waals surface area contributed by atoms with Crippen LogP contribution in [0.3, 0.4) is 0 Å². The van der Waals surface area contributed by atoms with Crippen LogP contribution in [0.15, 0.2) is 94.6 Å². The van der Waals surface area contributed by atoms with Crippen LogP contribution in [0.1, 0.15) is 29.1 Å². The molecule has 5 aromatic rings. The second kappa shape index (κ2) is 12.5. The first-order chi connectivity index (χ1) is 19.4. The van der Waals surface area contributed by atoms with Crippen molar-refractivity contribution >= 4 is 38.5 Å². The molecule has 5 rings (SSSR count). The van der Waals surface area contributed by atoms with E-state index in [0.717, 1.165) is 37.8 Å². The Morgan fingerprint density at radius 1 is 1.00 bits per heavy atom. The zero-order chi connectivity index (χ0) is 28.1. The lowest BCUT2D eigenvalue weighted by atomic mass is 10.1. The molecule has 0 N–H and O–H groups in total. The molecule has 40 heavy (non-hydrogen) atoms. The van der Waals surface area contributed by atoms with E-state index in [2.05, 4.69) is 50.4 Å². The molecule has 8 nitrogen and oxygen atoms in total. The normalized spacial score (nSPS) is 11.9. The highest BCUT2D eigenvalue weighted by molar-refractivity contribution is 9.10. The number of nitro groups is 1. The predicted molar refractivity (Wildman–Crippen MR) is 160 cm³/mol. The van der Waals surface area contributed by atoms with Crippen LogP contribution in [0.5, 0.6) is 11.5 Å². The third kappa shape index (κ3) is 6.29. The van der Waals surface area contributed by atoms with Crippen LogP contribution in [0.2, 0.25) is 0 Å². The minimum absolute atomic E-state index is 0.275. The first-order valence-corrected chi connectivity index (χ1v) is 14.4. The number of rotatable bonds is 11. The quantitative estimate of drug-likeness (QED) is 0.0855. The van der Waals surface area contributed by atoms with Gasteiger partial charge in [-0.3, -0.25) is 14.7 Å². The molecule has 0 fully saturated rings. The minimum Gasteiger partial charge on any atom is -0.494 e. The molecule has 0 amide bonds. The molecule has 1 aromatic heterocycles. The van der Waals surface area contributed by atoms with Crippen molar-refractivity contribution in [1.82, 2.24) is 14.8 Å². The number of aromatic nitrogens is 3. The van der Waals surface area contributed by atoms with Crippen molar-refractivity contribution in [3.63, 3.8) is 0 Å². The minimum atomic E-state index is -0.497. The van der Waals surface area contributed by atoms with E-state index in [-0.39, 0.29) is 11.5 Å². The summed E-state index contributed by atoms with van der Waals surface area (Å²) in [6.45, 7) is 4.50. The van der Waals surface area contributed by atoms with E-state index in [0.29, 0.717) is 29.9 Å². The summed E-state index contributed by atoms with van der Waals surface area (Å²) in [5.41, 5.74) is 2.72. The number of hydrogen-bond acceptors (Lipinski definition) is 7. The number of hydrogen-bond donors (Lipinski definition) is 0. The molecule has 0 bridgehead atoms. The Balaban J connectivity index is 1.37. The molecular formula is C30H27BrN4O4S. The molecule has 0 unspecified atom stereocenters. The monoisotopic (exact) mass is 618 g/mol. The van der Waals surface area contributed by atoms with Gasteiger partial charge in [-0.2, -0.15) is 0 Å². The van der Waals surface area contributed by atoms with Gasteiger partial charge in [0.1, 0.15) is 29.2 Å². The fraction of sp³-hybridized carbons (Fsp3) is 0.200. The zero-order valence-corrected chi connectivity index (χ0v) is 24.4. The molecule has 1 atom stereocenters. The molecule has 204 valence electrons. The van der Waals surface area contributed by atoms with E-state index in [1.807, 2.05) is 79.1 Å². The highest BCUT2D eigenvalue weighted by Gasteiger charge is 2.24. The number of thioether (sulfide) groups is 1. The van der Waals surface area contributed by atoms with Crippen LogP contribution in [0.4, 0.5) is 0 Å². The molecule has 0 aliphatic carbocycles. The van der Waals surface area contributed by atoms with Gasteiger partial charge < -0.3 is 9.47 Å². The third-order valence-corrected chi connectivity index (χ3v) is 8.15. The predicted octanol–water partition coefficient (Wildman–Crippen LogP) is 7.58. The third-order valence-electron chi connectivity index (χ3n) is 6.35. The molecule has 0 saturated heterocycles. The number of benzene rings is 4. The van der Waals surface area contributed by atoms with Gasteiger partial charge in [-0.05, 0) is 88.1 Å². The van der Waals surface area contributed by atoms with E-state index in [1.165, 1.54) is 11.8 Å². The lowest BCUT2D eigenvalue weighted by molar-refractivity contribution is -0.479. The smallest absolute Gasteiger partial charge is 0.220 e. The van der Waals surface area contributed by atoms with Gasteiger partial charge in [-0.15, -0.1) is 10.2 Å². The summed E-state index contributed by atoms with van der Waals surface area (Å²) < 4.78 is 14.3. The van der Waals surface area contributed by atoms with Gasteiger partial charge in [-0.1, -0.05) is 60.3 Å². The van der Waals surface area contributed by atoms with E-state index in [1.54, 1.807) is 0 Å². The van der Waals surface area contributed by atoms with Crippen molar-refractivity contribution in [2.45, 2.75) is 30.9 Å². The summed E-state index contributed by atoms with van der Waals surface area (Å²) in [5, 5.41) is 22.6. The molecule has 4 aromatic carbocycles. The maximum absolute atomic E-state index is 11.6. The number of nitrogens with zero attached hydrogens (tertiary/aromatic N) is 4. The summed E-state index contributed by atoms with van der Waals surface area (Å²) in [4.78, 5) is 11.3. The van der Waals surface area contributed by atoms with Crippen LogP contribution >= 0.6 is 27.7 Å². The van der Waals surface area contributed by atoms with Crippen molar-refractivity contribution in [2.75, 3.05) is 13.2 Å². The largest absolute Gasteiger partial charge is 0.494 e. The van der Waals surface area contributed by atoms with E-state index in [9.17, 15) is 10.1 Å². The molecule has 0 radical (unpaired) electrons. The lowest BCUT2D eigenvalue weighted by Gasteiger charge is -2.16. The topological polar surface area (TPSA) is 92.3 Å². The average molecular weight is 620 g/mol. The second-order valence-corrected chi connectivity index (χ2v) is 11.1. The van der Waals surface area contributed by atoms with Gasteiger partial charge >= 0.3 is 0 Å². The van der Waals surface area contributed by atoms with E-state index < -0.39 is 5.25 Å². The SMILES string of the molecule is CCOc1ccc(-n2c(C)nnc2S[C@H](C[N+](=O)[O-])c2ccc(OCc3cccc4ccccc34)c(Br)c2)cc1. The molecular weight excluding hydrogens is 592 g/mol. The average Bonchev–Trinajstić information content (AvgIpc) is 3.32. The summed E-state index contributed by atoms with van der Waals surface area (Å²) >= 11 is 4.92. The Bertz CT molecular complexity index is 1640. The van der Waals surface area contributed by atoms with Gasteiger partial charge in [0.05, 0.1) is 11.1 Å². The standard InChI is InChI=1S/C30H27BrN4O4S/c1-3-38-25-14-12-24(13-15-25)35-20(2)32-33-30(35)40-29(18-34(36)37)22-11-16-28(27(31)17-22)39-19-23-9-6-8-21-7-4-5-10-26(21)23/h4-17,29H,3,18-19H2,1-2H3/t29-/m1/s1. The second-order valence-electron chi connectivity index (χ2n) is 9.03. The first kappa shape index (κ1) is 27.7. The molecule has 0 spiro atoms. The van der Waals surface area contributed by atoms with Crippen molar-refractivity contribution in [3.05, 3.63) is 116 Å². The molecule has 10 heteroatoms. The summed E-state index contributed by atoms with van der Waals surface area (Å²) in [6, 6.07) is 27.6. The molecule has 0 aliphatic rings. The number of aryl methyl sites for hydroxylation is 1. The first-order valence-electron chi connectivity index (χ1n) is 12.8. The highest BCUT2D eigenvalue weighted by atomic mass is 79.9. The van der Waals surface area contributed by atoms with Crippen LogP contribution < -0.4 is 9.47 Å². The summed E-state index contributed by atoms with van der Waals surface area (Å²) in [5.74, 6) is 2.12. The Hall–Kier alpha value is -3.89. The Kier molecular flexibility index (Phi) is 8.66. The van der Waals surface area contributed by atoms with Gasteiger partial charge in [0.2, 0.25) is 6.54 Å². The van der Waals surface area contributed by atoms with Crippen molar-refractivity contribution in [3.8, 4) is 17.2 Å². The lowest BCUT2D eigenvalue weighted by Crippen LogP contribution is -2.11. The van der Waals surface area contributed by atoms with Gasteiger partial charge in [-0.25, -0.2) is 0 Å². The van der Waals surface area contributed by atoms with Crippen molar-refractivity contribution in [1.29, 1.82) is 0 Å². The van der Waals surface area contributed by atoms with E-state index in [4.69, 9.17) is 9.47 Å². The molecule has 1 heterocycles. The zero-order valence-electron chi connectivity index (χ0n) is 22.0. The number of ether oxygens (including phenoxy) is 2. The molecule has 0 aliphatic heterocycles. The van der Waals surface area contributed by atoms with Gasteiger partial charge in [0.25, 0.3) is 0 Å². The number of fused-ring (bicyclic) bond motifs is 1. The van der Waals surface area contributed by atoms with Crippen molar-refractivity contribution < 1.29 is 14.4 Å². The Labute approximate surface area is 244 Å². The van der Waals surface area contributed by atoms with Gasteiger partial charge in [0, 0.05) is 10.6 Å². The fourth-order valence-corrected chi connectivity index (χ4v) is 6.13. The number of halogens is 1. The van der Waals surface area contributed by atoms with E-state index >= 15 is 0 Å². The summed E-state index contributed by atoms with van der Waals surface area (Å²) in [6.07, 6.45) is 0. The van der Waals surface area contributed by atoms with Crippen LogP contribution in [0.25, 0.3) is 16.5 Å². The van der Waals surface area contributed by atoms with Crippen LogP contribution in [0, 0.1) is 17.0 Å². The maximum Gasteiger partial charge on any atom is 0.220 e. The fourth-order valence-electron chi connectivity index (χ4n) is 4.46. The Morgan fingerprint density at radius 2 is 1.77 bits per heavy atom. The van der Waals surface area contributed by atoms with Gasteiger partial charge in [0.15, 0.2) is 5.16 Å². The summed E-state index contributed by atoms with van der Waals surface area (Å²) in [7, 11) is 0. The van der Waals surface area contributed by atoms with Crippen LogP contribution in [-0.2, 0) is 6.61 Å². The highest BCUT2D eigenvalue weighted by Crippen LogP contribution is 2.39. The maximum atomic E-state index is 11.6. The van der Waals surface area contributed by atoms with Crippen molar-refractivity contribution in [2.24, 2.45) is 0 Å². The molecule has 0 saturated carbocycles. The Morgan fingerprint density at radius 3 is 2.52 bits per heavy atom.